The first-order valence-corrected chi connectivity index (χ1v) is 6.89. The minimum absolute atomic E-state index is 0.189. The Labute approximate surface area is 114 Å². The molecule has 2 N–H and O–H groups in total. The van der Waals surface area contributed by atoms with Crippen molar-refractivity contribution in [2.75, 3.05) is 6.54 Å². The standard InChI is InChI=1S/C15H21ClN2/c1-3-9-18-14(11(2)17)7-8-15(18)12-5-4-6-13(16)10-12/h3-6,10-11,14-15H,1,7-9,17H2,2H3/t11?,14-,15+/m1/s1. The zero-order valence-electron chi connectivity index (χ0n) is 10.8. The molecule has 0 aliphatic carbocycles. The van der Waals surface area contributed by atoms with Gasteiger partial charge in [0.15, 0.2) is 0 Å². The van der Waals surface area contributed by atoms with E-state index in [1.807, 2.05) is 18.2 Å². The van der Waals surface area contributed by atoms with Crippen molar-refractivity contribution in [3.8, 4) is 0 Å². The van der Waals surface area contributed by atoms with Crippen molar-refractivity contribution in [3.63, 3.8) is 0 Å². The normalized spacial score (nSPS) is 26.2. The van der Waals surface area contributed by atoms with Crippen LogP contribution in [0.4, 0.5) is 0 Å². The number of halogens is 1. The zero-order chi connectivity index (χ0) is 13.1. The molecule has 0 radical (unpaired) electrons. The lowest BCUT2D eigenvalue weighted by Gasteiger charge is -2.31. The quantitative estimate of drug-likeness (QED) is 0.845. The average Bonchev–Trinajstić information content (AvgIpc) is 2.73. The van der Waals surface area contributed by atoms with Crippen LogP contribution in [0.15, 0.2) is 36.9 Å². The summed E-state index contributed by atoms with van der Waals surface area (Å²) in [6.07, 6.45) is 4.24. The predicted molar refractivity (Wildman–Crippen MR) is 77.8 cm³/mol. The van der Waals surface area contributed by atoms with Gasteiger partial charge in [0.1, 0.15) is 0 Å². The van der Waals surface area contributed by atoms with E-state index in [4.69, 9.17) is 17.3 Å². The van der Waals surface area contributed by atoms with Gasteiger partial charge < -0.3 is 5.73 Å². The number of nitrogens with zero attached hydrogens (tertiary/aromatic N) is 1. The highest BCUT2D eigenvalue weighted by Gasteiger charge is 2.35. The van der Waals surface area contributed by atoms with Crippen molar-refractivity contribution in [3.05, 3.63) is 47.5 Å². The van der Waals surface area contributed by atoms with Crippen LogP contribution in [0.5, 0.6) is 0 Å². The van der Waals surface area contributed by atoms with E-state index < -0.39 is 0 Å². The van der Waals surface area contributed by atoms with Crippen LogP contribution in [0.25, 0.3) is 0 Å². The number of hydrogen-bond acceptors (Lipinski definition) is 2. The van der Waals surface area contributed by atoms with Crippen molar-refractivity contribution in [2.24, 2.45) is 5.73 Å². The SMILES string of the molecule is C=CCN1[C@@H](C(C)N)CC[C@H]1c1cccc(Cl)c1. The fourth-order valence-corrected chi connectivity index (χ4v) is 3.14. The Hall–Kier alpha value is -0.830. The van der Waals surface area contributed by atoms with E-state index in [1.165, 1.54) is 5.56 Å². The minimum Gasteiger partial charge on any atom is -0.327 e. The Kier molecular flexibility index (Phi) is 4.44. The van der Waals surface area contributed by atoms with Gasteiger partial charge in [0.25, 0.3) is 0 Å². The summed E-state index contributed by atoms with van der Waals surface area (Å²) in [6.45, 7) is 6.82. The molecule has 1 aliphatic heterocycles. The highest BCUT2D eigenvalue weighted by molar-refractivity contribution is 6.30. The van der Waals surface area contributed by atoms with E-state index in [1.54, 1.807) is 0 Å². The molecule has 0 amide bonds. The molecule has 1 unspecified atom stereocenters. The maximum Gasteiger partial charge on any atom is 0.0409 e. The number of likely N-dealkylation sites (tertiary alicyclic amines) is 1. The second-order valence-corrected chi connectivity index (χ2v) is 5.50. The van der Waals surface area contributed by atoms with Crippen LogP contribution in [-0.2, 0) is 0 Å². The third kappa shape index (κ3) is 2.77. The molecule has 0 saturated carbocycles. The van der Waals surface area contributed by atoms with Crippen molar-refractivity contribution < 1.29 is 0 Å². The highest BCUT2D eigenvalue weighted by Crippen LogP contribution is 2.37. The fraction of sp³-hybridized carbons (Fsp3) is 0.467. The Morgan fingerprint density at radius 1 is 1.56 bits per heavy atom. The molecule has 0 spiro atoms. The van der Waals surface area contributed by atoms with Gasteiger partial charge >= 0.3 is 0 Å². The second kappa shape index (κ2) is 5.87. The Morgan fingerprint density at radius 2 is 2.33 bits per heavy atom. The van der Waals surface area contributed by atoms with Crippen LogP contribution in [0, 0.1) is 0 Å². The van der Waals surface area contributed by atoms with Gasteiger partial charge in [0.2, 0.25) is 0 Å². The summed E-state index contributed by atoms with van der Waals surface area (Å²) < 4.78 is 0. The van der Waals surface area contributed by atoms with Gasteiger partial charge in [-0.3, -0.25) is 4.90 Å². The van der Waals surface area contributed by atoms with Gasteiger partial charge in [0, 0.05) is 29.7 Å². The number of nitrogens with two attached hydrogens (primary N) is 1. The van der Waals surface area contributed by atoms with E-state index in [9.17, 15) is 0 Å². The number of benzene rings is 1. The Morgan fingerprint density at radius 3 is 2.94 bits per heavy atom. The smallest absolute Gasteiger partial charge is 0.0409 e. The summed E-state index contributed by atoms with van der Waals surface area (Å²) in [4.78, 5) is 2.45. The lowest BCUT2D eigenvalue weighted by molar-refractivity contribution is 0.197. The molecule has 18 heavy (non-hydrogen) atoms. The first-order valence-electron chi connectivity index (χ1n) is 6.51. The molecular formula is C15H21ClN2. The largest absolute Gasteiger partial charge is 0.327 e. The summed E-state index contributed by atoms with van der Waals surface area (Å²) in [5.41, 5.74) is 7.37. The molecule has 2 rings (SSSR count). The van der Waals surface area contributed by atoms with Gasteiger partial charge in [-0.1, -0.05) is 29.8 Å². The fourth-order valence-electron chi connectivity index (χ4n) is 2.94. The van der Waals surface area contributed by atoms with Crippen LogP contribution in [0.1, 0.15) is 31.4 Å². The molecule has 3 heteroatoms. The second-order valence-electron chi connectivity index (χ2n) is 5.06. The van der Waals surface area contributed by atoms with Crippen molar-refractivity contribution in [1.29, 1.82) is 0 Å². The molecule has 98 valence electrons. The third-order valence-electron chi connectivity index (χ3n) is 3.74. The zero-order valence-corrected chi connectivity index (χ0v) is 11.6. The Balaban J connectivity index is 2.24. The Bertz CT molecular complexity index is 417. The molecule has 1 fully saturated rings. The van der Waals surface area contributed by atoms with E-state index in [0.29, 0.717) is 12.1 Å². The molecule has 1 aromatic carbocycles. The molecule has 3 atom stereocenters. The summed E-state index contributed by atoms with van der Waals surface area (Å²) in [6, 6.07) is 9.19. The van der Waals surface area contributed by atoms with Gasteiger partial charge in [-0.25, -0.2) is 0 Å². The van der Waals surface area contributed by atoms with Gasteiger partial charge in [-0.2, -0.15) is 0 Å². The molecule has 1 heterocycles. The lowest BCUT2D eigenvalue weighted by atomic mass is 10.0. The van der Waals surface area contributed by atoms with Crippen LogP contribution in [-0.4, -0.2) is 23.5 Å². The number of rotatable bonds is 4. The van der Waals surface area contributed by atoms with E-state index in [2.05, 4.69) is 30.5 Å². The monoisotopic (exact) mass is 264 g/mol. The predicted octanol–water partition coefficient (Wildman–Crippen LogP) is 3.38. The summed E-state index contributed by atoms with van der Waals surface area (Å²) >= 11 is 6.08. The molecule has 1 saturated heterocycles. The van der Waals surface area contributed by atoms with Crippen LogP contribution in [0.3, 0.4) is 0 Å². The summed E-state index contributed by atoms with van der Waals surface area (Å²) in [5, 5.41) is 0.801. The van der Waals surface area contributed by atoms with E-state index >= 15 is 0 Å². The lowest BCUT2D eigenvalue weighted by Crippen LogP contribution is -2.43. The van der Waals surface area contributed by atoms with Gasteiger partial charge in [0.05, 0.1) is 0 Å². The minimum atomic E-state index is 0.189. The molecule has 0 bridgehead atoms. The topological polar surface area (TPSA) is 29.3 Å². The van der Waals surface area contributed by atoms with Gasteiger partial charge in [-0.05, 0) is 37.5 Å². The average molecular weight is 265 g/mol. The third-order valence-corrected chi connectivity index (χ3v) is 3.98. The van der Waals surface area contributed by atoms with Crippen LogP contribution < -0.4 is 5.73 Å². The number of hydrogen-bond donors (Lipinski definition) is 1. The maximum absolute atomic E-state index is 6.09. The summed E-state index contributed by atoms with van der Waals surface area (Å²) in [5.74, 6) is 0. The highest BCUT2D eigenvalue weighted by atomic mass is 35.5. The van der Waals surface area contributed by atoms with E-state index in [-0.39, 0.29) is 6.04 Å². The molecule has 0 aromatic heterocycles. The van der Waals surface area contributed by atoms with E-state index in [0.717, 1.165) is 24.4 Å². The maximum atomic E-state index is 6.09. The first kappa shape index (κ1) is 13.6. The molecule has 1 aliphatic rings. The van der Waals surface area contributed by atoms with Crippen molar-refractivity contribution in [1.82, 2.24) is 4.90 Å². The van der Waals surface area contributed by atoms with Gasteiger partial charge in [-0.15, -0.1) is 6.58 Å². The van der Waals surface area contributed by atoms with Crippen molar-refractivity contribution in [2.45, 2.75) is 37.9 Å². The van der Waals surface area contributed by atoms with Crippen molar-refractivity contribution >= 4 is 11.6 Å². The van der Waals surface area contributed by atoms with Crippen LogP contribution in [0.2, 0.25) is 5.02 Å². The molecular weight excluding hydrogens is 244 g/mol. The molecule has 1 aromatic rings. The molecule has 2 nitrogen and oxygen atoms in total. The first-order chi connectivity index (χ1) is 8.63. The summed E-state index contributed by atoms with van der Waals surface area (Å²) in [7, 11) is 0. The van der Waals surface area contributed by atoms with Crippen LogP contribution >= 0.6 is 11.6 Å².